The molecule has 3 rings (SSSR count). The summed E-state index contributed by atoms with van der Waals surface area (Å²) in [6.45, 7) is 6.36. The Morgan fingerprint density at radius 2 is 2.13 bits per heavy atom. The van der Waals surface area contributed by atoms with Crippen LogP contribution in [-0.4, -0.2) is 33.7 Å². The molecule has 2 saturated heterocycles. The number of thiophene rings is 1. The van der Waals surface area contributed by atoms with Gasteiger partial charge in [-0.15, -0.1) is 11.3 Å². The zero-order valence-corrected chi connectivity index (χ0v) is 15.8. The molecule has 0 aromatic carbocycles. The average molecular weight is 401 g/mol. The first-order chi connectivity index (χ1) is 10.6. The Bertz CT molecular complexity index is 654. The molecule has 23 heavy (non-hydrogen) atoms. The quantitative estimate of drug-likeness (QED) is 0.783. The van der Waals surface area contributed by atoms with Crippen molar-refractivity contribution in [3.05, 3.63) is 20.8 Å². The normalized spacial score (nSPS) is 29.8. The summed E-state index contributed by atoms with van der Waals surface area (Å²) in [5.41, 5.74) is -0.867. The van der Waals surface area contributed by atoms with Gasteiger partial charge in [-0.2, -0.15) is 0 Å². The highest BCUT2D eigenvalue weighted by Crippen LogP contribution is 2.54. The van der Waals surface area contributed by atoms with Gasteiger partial charge in [-0.05, 0) is 52.7 Å². The Labute approximate surface area is 148 Å². The Kier molecular flexibility index (Phi) is 3.99. The third-order valence-electron chi connectivity index (χ3n) is 5.12. The molecule has 2 aliphatic heterocycles. The number of rotatable bonds is 2. The van der Waals surface area contributed by atoms with E-state index in [1.54, 1.807) is 6.07 Å². The maximum Gasteiger partial charge on any atom is 0.409 e. The Morgan fingerprint density at radius 3 is 2.65 bits per heavy atom. The van der Waals surface area contributed by atoms with Crippen LogP contribution < -0.4 is 5.32 Å². The molecule has 2 N–H and O–H groups in total. The lowest BCUT2D eigenvalue weighted by molar-refractivity contribution is 0.0307. The van der Waals surface area contributed by atoms with E-state index in [1.165, 1.54) is 16.2 Å². The molecule has 0 spiro atoms. The smallest absolute Gasteiger partial charge is 0.409 e. The topological polar surface area (TPSA) is 69.6 Å². The summed E-state index contributed by atoms with van der Waals surface area (Å²) in [5.74, 6) is -0.0825. The van der Waals surface area contributed by atoms with Gasteiger partial charge in [0.05, 0.1) is 8.66 Å². The summed E-state index contributed by atoms with van der Waals surface area (Å²) in [6, 6.07) is 3.60. The van der Waals surface area contributed by atoms with E-state index in [0.717, 1.165) is 16.6 Å². The van der Waals surface area contributed by atoms with Crippen molar-refractivity contribution in [2.75, 3.05) is 0 Å². The van der Waals surface area contributed by atoms with E-state index in [2.05, 4.69) is 42.0 Å². The van der Waals surface area contributed by atoms with Crippen LogP contribution in [0, 0.1) is 11.3 Å². The second-order valence-electron chi connectivity index (χ2n) is 7.48. The molecule has 0 radical (unpaired) electrons. The molecule has 1 aromatic rings. The highest BCUT2D eigenvalue weighted by atomic mass is 79.9. The lowest BCUT2D eigenvalue weighted by atomic mass is 9.69. The zero-order valence-electron chi connectivity index (χ0n) is 13.4. The largest absolute Gasteiger partial charge is 0.465 e. The average Bonchev–Trinajstić information content (AvgIpc) is 3.08. The van der Waals surface area contributed by atoms with Crippen molar-refractivity contribution in [2.45, 2.75) is 51.7 Å². The Morgan fingerprint density at radius 1 is 1.43 bits per heavy atom. The van der Waals surface area contributed by atoms with Crippen molar-refractivity contribution < 1.29 is 14.7 Å². The van der Waals surface area contributed by atoms with Gasteiger partial charge in [0.25, 0.3) is 5.91 Å². The lowest BCUT2D eigenvalue weighted by Gasteiger charge is -2.44. The van der Waals surface area contributed by atoms with Gasteiger partial charge in [0, 0.05) is 12.0 Å². The van der Waals surface area contributed by atoms with Crippen molar-refractivity contribution in [3.8, 4) is 0 Å². The van der Waals surface area contributed by atoms with Crippen molar-refractivity contribution in [3.63, 3.8) is 0 Å². The highest BCUT2D eigenvalue weighted by molar-refractivity contribution is 9.11. The summed E-state index contributed by atoms with van der Waals surface area (Å²) in [4.78, 5) is 26.6. The van der Waals surface area contributed by atoms with Gasteiger partial charge >= 0.3 is 6.09 Å². The molecule has 2 aliphatic rings. The molecule has 7 heteroatoms. The van der Waals surface area contributed by atoms with Crippen LogP contribution in [0.15, 0.2) is 15.9 Å². The van der Waals surface area contributed by atoms with Crippen molar-refractivity contribution >= 4 is 39.3 Å². The van der Waals surface area contributed by atoms with Gasteiger partial charge in [0.2, 0.25) is 0 Å². The lowest BCUT2D eigenvalue weighted by Crippen LogP contribution is -2.62. The fourth-order valence-electron chi connectivity index (χ4n) is 4.30. The summed E-state index contributed by atoms with van der Waals surface area (Å²) < 4.78 is 0.887. The highest BCUT2D eigenvalue weighted by Gasteiger charge is 2.63. The minimum Gasteiger partial charge on any atom is -0.465 e. The molecule has 0 saturated carbocycles. The molecule has 2 amide bonds. The second kappa shape index (κ2) is 5.48. The number of carbonyl (C=O) groups excluding carboxylic acids is 1. The van der Waals surface area contributed by atoms with Gasteiger partial charge < -0.3 is 10.4 Å². The van der Waals surface area contributed by atoms with Crippen LogP contribution >= 0.6 is 27.3 Å². The number of amides is 2. The van der Waals surface area contributed by atoms with Crippen LogP contribution in [0.25, 0.3) is 0 Å². The van der Waals surface area contributed by atoms with E-state index in [0.29, 0.717) is 11.3 Å². The fourth-order valence-corrected chi connectivity index (χ4v) is 5.58. The number of carboxylic acid groups (broad SMARTS) is 1. The predicted molar refractivity (Wildman–Crippen MR) is 92.7 cm³/mol. The molecule has 0 aliphatic carbocycles. The monoisotopic (exact) mass is 400 g/mol. The number of halogens is 1. The van der Waals surface area contributed by atoms with Crippen LogP contribution in [0.2, 0.25) is 0 Å². The van der Waals surface area contributed by atoms with Crippen LogP contribution in [0.4, 0.5) is 4.79 Å². The first-order valence-electron chi connectivity index (χ1n) is 7.75. The van der Waals surface area contributed by atoms with E-state index in [4.69, 9.17) is 0 Å². The maximum atomic E-state index is 12.7. The number of hydrogen-bond acceptors (Lipinski definition) is 3. The third kappa shape index (κ3) is 2.67. The summed E-state index contributed by atoms with van der Waals surface area (Å²) in [6.07, 6.45) is 1.37. The number of nitrogens with zero attached hydrogens (tertiary/aromatic N) is 1. The van der Waals surface area contributed by atoms with E-state index >= 15 is 0 Å². The first kappa shape index (κ1) is 16.8. The van der Waals surface area contributed by atoms with Crippen molar-refractivity contribution in [1.82, 2.24) is 10.2 Å². The maximum absolute atomic E-state index is 12.7. The molecule has 3 heterocycles. The molecule has 3 atom stereocenters. The molecular weight excluding hydrogens is 380 g/mol. The van der Waals surface area contributed by atoms with E-state index in [-0.39, 0.29) is 23.3 Å². The van der Waals surface area contributed by atoms with E-state index in [9.17, 15) is 14.7 Å². The van der Waals surface area contributed by atoms with Crippen molar-refractivity contribution in [2.24, 2.45) is 11.3 Å². The number of hydrogen-bond donors (Lipinski definition) is 2. The zero-order chi connectivity index (χ0) is 17.0. The Hall–Kier alpha value is -1.08. The molecule has 2 fully saturated rings. The molecule has 2 bridgehead atoms. The molecule has 0 unspecified atom stereocenters. The minimum absolute atomic E-state index is 0.00657. The fraction of sp³-hybridized carbons (Fsp3) is 0.625. The first-order valence-corrected chi connectivity index (χ1v) is 9.36. The van der Waals surface area contributed by atoms with Crippen LogP contribution in [0.1, 0.15) is 49.7 Å². The van der Waals surface area contributed by atoms with E-state index in [1.807, 2.05) is 6.07 Å². The Balaban J connectivity index is 1.96. The van der Waals surface area contributed by atoms with Gasteiger partial charge in [0.15, 0.2) is 0 Å². The van der Waals surface area contributed by atoms with Crippen LogP contribution in [0.5, 0.6) is 0 Å². The minimum atomic E-state index is -0.938. The van der Waals surface area contributed by atoms with Crippen LogP contribution in [0.3, 0.4) is 0 Å². The molecule has 126 valence electrons. The van der Waals surface area contributed by atoms with Gasteiger partial charge in [-0.3, -0.25) is 9.69 Å². The summed E-state index contributed by atoms with van der Waals surface area (Å²) in [7, 11) is 0. The SMILES string of the molecule is CC(C)(C)[C@H]1C[C@H]2CC[C@]1(NC(=O)c1ccc(Br)s1)N2C(=O)O. The molecule has 5 nitrogen and oxygen atoms in total. The number of nitrogens with one attached hydrogen (secondary N) is 1. The van der Waals surface area contributed by atoms with Gasteiger partial charge in [-0.1, -0.05) is 20.8 Å². The van der Waals surface area contributed by atoms with Crippen LogP contribution in [-0.2, 0) is 0 Å². The predicted octanol–water partition coefficient (Wildman–Crippen LogP) is 4.15. The number of carbonyl (C=O) groups is 2. The van der Waals surface area contributed by atoms with Crippen molar-refractivity contribution in [1.29, 1.82) is 0 Å². The summed E-state index contributed by atoms with van der Waals surface area (Å²) >= 11 is 4.72. The van der Waals surface area contributed by atoms with Gasteiger partial charge in [-0.25, -0.2) is 4.79 Å². The second-order valence-corrected chi connectivity index (χ2v) is 9.94. The van der Waals surface area contributed by atoms with Gasteiger partial charge in [0.1, 0.15) is 5.66 Å². The standard InChI is InChI=1S/C16H21BrN2O3S/c1-15(2,3)11-8-9-6-7-16(11,19(9)14(21)22)18-13(20)10-4-5-12(17)23-10/h4-5,9,11H,6-8H2,1-3H3,(H,18,20)(H,21,22)/t9-,11-,16+/m1/s1. The number of fused-ring (bicyclic) bond motifs is 2. The van der Waals surface area contributed by atoms with E-state index < -0.39 is 11.8 Å². The third-order valence-corrected chi connectivity index (χ3v) is 6.74. The molecule has 1 aromatic heterocycles. The summed E-state index contributed by atoms with van der Waals surface area (Å²) in [5, 5.41) is 12.8. The molecular formula is C16H21BrN2O3S.